The summed E-state index contributed by atoms with van der Waals surface area (Å²) in [6, 6.07) is 14.2. The second-order valence-electron chi connectivity index (χ2n) is 10.8. The summed E-state index contributed by atoms with van der Waals surface area (Å²) in [4.78, 5) is 54.9. The first-order valence-electron chi connectivity index (χ1n) is 12.7. The van der Waals surface area contributed by atoms with Crippen molar-refractivity contribution in [2.24, 2.45) is 41.4 Å². The lowest BCUT2D eigenvalue weighted by atomic mass is 9.63. The summed E-state index contributed by atoms with van der Waals surface area (Å²) < 4.78 is 5.57. The number of rotatable bonds is 4. The number of nitrogens with zero attached hydrogens (tertiary/aromatic N) is 2. The van der Waals surface area contributed by atoms with Crippen LogP contribution in [0.25, 0.3) is 0 Å². The highest BCUT2D eigenvalue weighted by Crippen LogP contribution is 2.65. The summed E-state index contributed by atoms with van der Waals surface area (Å²) in [6.45, 7) is 2.23. The Hall–Kier alpha value is -3.74. The number of carbonyl (C=O) groups is 4. The van der Waals surface area contributed by atoms with Crippen molar-refractivity contribution in [3.05, 3.63) is 66.2 Å². The third kappa shape index (κ3) is 3.11. The topological polar surface area (TPSA) is 84.0 Å². The molecular weight excluding hydrogens is 456 g/mol. The summed E-state index contributed by atoms with van der Waals surface area (Å²) in [7, 11) is 0. The zero-order valence-corrected chi connectivity index (χ0v) is 19.9. The Morgan fingerprint density at radius 1 is 0.889 bits per heavy atom. The molecule has 0 spiro atoms. The molecule has 7 heteroatoms. The normalized spacial score (nSPS) is 33.7. The van der Waals surface area contributed by atoms with E-state index in [1.165, 1.54) is 4.90 Å². The highest BCUT2D eigenvalue weighted by Gasteiger charge is 2.67. The van der Waals surface area contributed by atoms with E-state index in [9.17, 15) is 19.2 Å². The van der Waals surface area contributed by atoms with E-state index < -0.39 is 11.9 Å². The second kappa shape index (κ2) is 7.63. The van der Waals surface area contributed by atoms with Crippen LogP contribution in [0.4, 0.5) is 11.4 Å². The van der Waals surface area contributed by atoms with E-state index in [2.05, 4.69) is 12.2 Å². The molecule has 36 heavy (non-hydrogen) atoms. The predicted molar refractivity (Wildman–Crippen MR) is 131 cm³/mol. The van der Waals surface area contributed by atoms with Crippen LogP contribution >= 0.6 is 0 Å². The van der Waals surface area contributed by atoms with Crippen LogP contribution in [-0.2, 0) is 19.2 Å². The van der Waals surface area contributed by atoms with Crippen LogP contribution in [0.2, 0.25) is 0 Å². The van der Waals surface area contributed by atoms with Crippen molar-refractivity contribution in [2.45, 2.75) is 19.8 Å². The van der Waals surface area contributed by atoms with Gasteiger partial charge in [0, 0.05) is 18.7 Å². The van der Waals surface area contributed by atoms with Gasteiger partial charge in [-0.1, -0.05) is 24.3 Å². The largest absolute Gasteiger partial charge is 0.426 e. The van der Waals surface area contributed by atoms with Gasteiger partial charge in [-0.3, -0.25) is 24.1 Å². The molecule has 0 unspecified atom stereocenters. The van der Waals surface area contributed by atoms with Crippen molar-refractivity contribution in [1.82, 2.24) is 0 Å². The maximum absolute atomic E-state index is 13.3. The highest BCUT2D eigenvalue weighted by atomic mass is 16.5. The van der Waals surface area contributed by atoms with E-state index in [1.807, 2.05) is 31.2 Å². The number of ether oxygens (including phenoxy) is 1. The summed E-state index contributed by atoms with van der Waals surface area (Å²) in [6.07, 6.45) is 5.55. The third-order valence-corrected chi connectivity index (χ3v) is 8.75. The molecule has 2 saturated carbocycles. The van der Waals surface area contributed by atoms with E-state index in [0.29, 0.717) is 23.3 Å². The van der Waals surface area contributed by atoms with Crippen LogP contribution in [0.15, 0.2) is 60.7 Å². The minimum absolute atomic E-state index is 0.1000. The van der Waals surface area contributed by atoms with E-state index in [-0.39, 0.29) is 54.4 Å². The van der Waals surface area contributed by atoms with Gasteiger partial charge < -0.3 is 9.64 Å². The van der Waals surface area contributed by atoms with Gasteiger partial charge in [-0.15, -0.1) is 0 Å². The minimum atomic E-state index is -0.558. The van der Waals surface area contributed by atoms with Gasteiger partial charge in [-0.05, 0) is 79.0 Å². The van der Waals surface area contributed by atoms with E-state index in [4.69, 9.17) is 4.74 Å². The molecule has 3 amide bonds. The number of hydrogen-bond donors (Lipinski definition) is 0. The molecule has 6 aliphatic rings. The number of hydrogen-bond acceptors (Lipinski definition) is 5. The van der Waals surface area contributed by atoms with Crippen LogP contribution in [0, 0.1) is 48.3 Å². The standard InChI is InChI=1S/C29H26N2O5/c1-15-3-2-4-18(11-15)30-14-16(12-24(30)32)29(35)36-19-7-5-17(6-8-19)31-27(33)25-20-9-10-21(23-13-22(20)23)26(25)28(31)34/h2-11,16,20-23,25-26H,12-14H2,1H3/t16-,20+,21+,22-,23+,25+,26-/m0/s1. The molecule has 7 nitrogen and oxygen atoms in total. The second-order valence-corrected chi connectivity index (χ2v) is 10.8. The number of carbonyl (C=O) groups excluding carboxylic acids is 4. The lowest BCUT2D eigenvalue weighted by Crippen LogP contribution is -2.40. The Bertz CT molecular complexity index is 1310. The summed E-state index contributed by atoms with van der Waals surface area (Å²) in [5.74, 6) is -0.0376. The lowest BCUT2D eigenvalue weighted by molar-refractivity contribution is -0.139. The monoisotopic (exact) mass is 482 g/mol. The smallest absolute Gasteiger partial charge is 0.316 e. The van der Waals surface area contributed by atoms with Crippen molar-refractivity contribution in [3.8, 4) is 5.75 Å². The molecule has 2 aromatic carbocycles. The highest BCUT2D eigenvalue weighted by molar-refractivity contribution is 6.22. The van der Waals surface area contributed by atoms with Gasteiger partial charge in [0.25, 0.3) is 0 Å². The van der Waals surface area contributed by atoms with E-state index in [0.717, 1.165) is 17.7 Å². The SMILES string of the molecule is Cc1cccc(N2C[C@@H](C(=O)Oc3ccc(N4C(=O)[C@@H]5[C@@H]6C=C[C@H]([C@H]7C[C@@H]67)[C@@H]5C4=O)cc3)CC2=O)c1. The van der Waals surface area contributed by atoms with Crippen molar-refractivity contribution in [1.29, 1.82) is 0 Å². The van der Waals surface area contributed by atoms with E-state index >= 15 is 0 Å². The van der Waals surface area contributed by atoms with Gasteiger partial charge in [0.15, 0.2) is 0 Å². The quantitative estimate of drug-likeness (QED) is 0.288. The van der Waals surface area contributed by atoms with Crippen LogP contribution < -0.4 is 14.5 Å². The van der Waals surface area contributed by atoms with Crippen molar-refractivity contribution >= 4 is 35.1 Å². The van der Waals surface area contributed by atoms with Crippen molar-refractivity contribution in [3.63, 3.8) is 0 Å². The molecule has 2 aromatic rings. The van der Waals surface area contributed by atoms with Crippen molar-refractivity contribution in [2.75, 3.05) is 16.3 Å². The molecule has 8 rings (SSSR count). The summed E-state index contributed by atoms with van der Waals surface area (Å²) in [5.41, 5.74) is 2.33. The average Bonchev–Trinajstić information content (AvgIpc) is 3.55. The number of allylic oxidation sites excluding steroid dienone is 2. The first kappa shape index (κ1) is 21.5. The van der Waals surface area contributed by atoms with Gasteiger partial charge in [-0.2, -0.15) is 0 Å². The molecule has 0 N–H and O–H groups in total. The average molecular weight is 483 g/mol. The summed E-state index contributed by atoms with van der Waals surface area (Å²) in [5, 5.41) is 0. The molecule has 2 heterocycles. The number of aryl methyl sites for hydroxylation is 1. The van der Waals surface area contributed by atoms with Crippen LogP contribution in [0.3, 0.4) is 0 Å². The maximum atomic E-state index is 13.3. The first-order chi connectivity index (χ1) is 17.4. The zero-order valence-electron chi connectivity index (χ0n) is 19.9. The number of imide groups is 1. The molecule has 2 bridgehead atoms. The van der Waals surface area contributed by atoms with Gasteiger partial charge in [0.05, 0.1) is 23.4 Å². The van der Waals surface area contributed by atoms with Gasteiger partial charge in [0.2, 0.25) is 17.7 Å². The number of anilines is 2. The molecule has 4 fully saturated rings. The Morgan fingerprint density at radius 2 is 1.56 bits per heavy atom. The van der Waals surface area contributed by atoms with Crippen LogP contribution in [-0.4, -0.2) is 30.2 Å². The molecular formula is C29H26N2O5. The van der Waals surface area contributed by atoms with Crippen LogP contribution in [0.5, 0.6) is 5.75 Å². The van der Waals surface area contributed by atoms with Gasteiger partial charge >= 0.3 is 5.97 Å². The Kier molecular flexibility index (Phi) is 4.56. The fourth-order valence-corrected chi connectivity index (χ4v) is 6.99. The van der Waals surface area contributed by atoms with Gasteiger partial charge in [0.1, 0.15) is 5.75 Å². The molecule has 2 saturated heterocycles. The van der Waals surface area contributed by atoms with Gasteiger partial charge in [-0.25, -0.2) is 0 Å². The minimum Gasteiger partial charge on any atom is -0.426 e. The molecule has 7 atom stereocenters. The molecule has 2 aliphatic heterocycles. The molecule has 0 aromatic heterocycles. The number of amides is 3. The number of benzene rings is 2. The fourth-order valence-electron chi connectivity index (χ4n) is 6.99. The third-order valence-electron chi connectivity index (χ3n) is 8.75. The molecule has 182 valence electrons. The fraction of sp³-hybridized carbons (Fsp3) is 0.379. The van der Waals surface area contributed by atoms with Crippen LogP contribution in [0.1, 0.15) is 18.4 Å². The molecule has 0 radical (unpaired) electrons. The lowest BCUT2D eigenvalue weighted by Gasteiger charge is -2.37. The summed E-state index contributed by atoms with van der Waals surface area (Å²) >= 11 is 0. The Balaban J connectivity index is 1.04. The Morgan fingerprint density at radius 3 is 2.19 bits per heavy atom. The van der Waals surface area contributed by atoms with Crippen molar-refractivity contribution < 1.29 is 23.9 Å². The number of esters is 1. The van der Waals surface area contributed by atoms with E-state index in [1.54, 1.807) is 29.2 Å². The zero-order chi connectivity index (χ0) is 24.7. The Labute approximate surface area is 208 Å². The predicted octanol–water partition coefficient (Wildman–Crippen LogP) is 3.51. The first-order valence-corrected chi connectivity index (χ1v) is 12.7. The maximum Gasteiger partial charge on any atom is 0.316 e. The molecule has 4 aliphatic carbocycles.